The van der Waals surface area contributed by atoms with Gasteiger partial charge in [-0.2, -0.15) is 0 Å². The summed E-state index contributed by atoms with van der Waals surface area (Å²) in [6, 6.07) is 11.3. The van der Waals surface area contributed by atoms with E-state index in [0.29, 0.717) is 11.8 Å². The molecule has 1 saturated heterocycles. The van der Waals surface area contributed by atoms with E-state index in [1.807, 2.05) is 6.20 Å². The smallest absolute Gasteiger partial charge is 0.399 e. The Morgan fingerprint density at radius 3 is 2.29 bits per heavy atom. The van der Waals surface area contributed by atoms with Crippen molar-refractivity contribution in [2.24, 2.45) is 11.8 Å². The number of hydrogen-bond donors (Lipinski definition) is 0. The molecule has 2 heterocycles. The second-order valence-corrected chi connectivity index (χ2v) is 11.4. The van der Waals surface area contributed by atoms with Crippen LogP contribution in [0.3, 0.4) is 0 Å². The highest BCUT2D eigenvalue weighted by Gasteiger charge is 2.51. The topological polar surface area (TPSA) is 31.4 Å². The second-order valence-electron chi connectivity index (χ2n) is 11.4. The quantitative estimate of drug-likeness (QED) is 0.556. The van der Waals surface area contributed by atoms with Crippen molar-refractivity contribution < 1.29 is 9.31 Å². The first-order valence-corrected chi connectivity index (χ1v) is 12.1. The van der Waals surface area contributed by atoms with Gasteiger partial charge in [-0.3, -0.25) is 4.98 Å². The first-order valence-electron chi connectivity index (χ1n) is 12.1. The van der Waals surface area contributed by atoms with Crippen LogP contribution in [0.2, 0.25) is 0 Å². The normalized spacial score (nSPS) is 31.2. The minimum atomic E-state index is -0.361. The molecule has 0 amide bonds. The molecule has 5 rings (SSSR count). The third-order valence-corrected chi connectivity index (χ3v) is 8.39. The fraction of sp³-hybridized carbons (Fsp3) is 0.593. The number of rotatable bonds is 2. The third-order valence-electron chi connectivity index (χ3n) is 8.39. The lowest BCUT2D eigenvalue weighted by molar-refractivity contribution is 0.00578. The zero-order valence-corrected chi connectivity index (χ0v) is 19.9. The van der Waals surface area contributed by atoms with Gasteiger partial charge in [0.2, 0.25) is 0 Å². The number of fused-ring (bicyclic) bond motifs is 4. The maximum absolute atomic E-state index is 6.19. The molecule has 4 heteroatoms. The molecular weight excluding hydrogens is 381 g/mol. The second kappa shape index (κ2) is 7.45. The van der Waals surface area contributed by atoms with Crippen molar-refractivity contribution in [2.75, 3.05) is 0 Å². The maximum Gasteiger partial charge on any atom is 0.496 e. The summed E-state index contributed by atoms with van der Waals surface area (Å²) in [5.74, 6) is 3.08. The Labute approximate surface area is 188 Å². The largest absolute Gasteiger partial charge is 0.496 e. The fourth-order valence-corrected chi connectivity index (χ4v) is 6.05. The average molecular weight is 417 g/mol. The van der Waals surface area contributed by atoms with Crippen LogP contribution in [0.4, 0.5) is 0 Å². The summed E-state index contributed by atoms with van der Waals surface area (Å²) in [5, 5.41) is 0. The molecule has 1 aromatic carbocycles. The maximum atomic E-state index is 6.19. The van der Waals surface area contributed by atoms with Gasteiger partial charge in [-0.25, -0.2) is 0 Å². The Balaban J connectivity index is 1.43. The van der Waals surface area contributed by atoms with Crippen molar-refractivity contribution in [3.63, 3.8) is 0 Å². The molecule has 1 aromatic heterocycles. The summed E-state index contributed by atoms with van der Waals surface area (Å²) in [4.78, 5) is 4.82. The molecule has 3 aliphatic rings. The van der Waals surface area contributed by atoms with Crippen molar-refractivity contribution >= 4 is 12.6 Å². The van der Waals surface area contributed by atoms with Gasteiger partial charge in [0.15, 0.2) is 0 Å². The number of pyridine rings is 1. The highest BCUT2D eigenvalue weighted by molar-refractivity contribution is 6.62. The molecule has 0 N–H and O–H groups in total. The van der Waals surface area contributed by atoms with Gasteiger partial charge in [0.1, 0.15) is 0 Å². The molecule has 1 saturated carbocycles. The third kappa shape index (κ3) is 3.76. The zero-order chi connectivity index (χ0) is 22.0. The van der Waals surface area contributed by atoms with E-state index in [0.717, 1.165) is 23.0 Å². The van der Waals surface area contributed by atoms with E-state index in [-0.39, 0.29) is 18.3 Å². The van der Waals surface area contributed by atoms with Gasteiger partial charge >= 0.3 is 7.12 Å². The van der Waals surface area contributed by atoms with Gasteiger partial charge in [-0.15, -0.1) is 0 Å². The van der Waals surface area contributed by atoms with Gasteiger partial charge in [0, 0.05) is 17.2 Å². The highest BCUT2D eigenvalue weighted by atomic mass is 16.7. The number of nitrogens with zero attached hydrogens (tertiary/aromatic N) is 1. The zero-order valence-electron chi connectivity index (χ0n) is 19.9. The Morgan fingerprint density at radius 2 is 1.61 bits per heavy atom. The summed E-state index contributed by atoms with van der Waals surface area (Å²) in [5.41, 5.74) is 5.71. The SMILES string of the molecule is CC1CC2CC(C)c3ccc(-c4ccc(B5OC(C)(C)C(C)(C)O5)cn4)cc3C(C1)C2. The fourth-order valence-electron chi connectivity index (χ4n) is 6.05. The van der Waals surface area contributed by atoms with Gasteiger partial charge in [0.25, 0.3) is 0 Å². The molecular formula is C27H36BNO2. The van der Waals surface area contributed by atoms with Crippen LogP contribution < -0.4 is 5.46 Å². The van der Waals surface area contributed by atoms with Crippen molar-refractivity contribution in [1.29, 1.82) is 0 Å². The van der Waals surface area contributed by atoms with Crippen molar-refractivity contribution in [2.45, 2.75) is 90.3 Å². The summed E-state index contributed by atoms with van der Waals surface area (Å²) >= 11 is 0. The molecule has 0 radical (unpaired) electrons. The van der Waals surface area contributed by atoms with Crippen LogP contribution in [0, 0.1) is 11.8 Å². The summed E-state index contributed by atoms with van der Waals surface area (Å²) < 4.78 is 12.4. The van der Waals surface area contributed by atoms with E-state index in [1.54, 1.807) is 11.1 Å². The minimum Gasteiger partial charge on any atom is -0.399 e. The monoisotopic (exact) mass is 417 g/mol. The van der Waals surface area contributed by atoms with E-state index in [9.17, 15) is 0 Å². The first-order chi connectivity index (χ1) is 14.6. The van der Waals surface area contributed by atoms with E-state index in [2.05, 4.69) is 71.9 Å². The molecule has 2 aliphatic carbocycles. The average Bonchev–Trinajstić information content (AvgIpc) is 2.88. The molecule has 4 atom stereocenters. The molecule has 2 aromatic rings. The lowest BCUT2D eigenvalue weighted by Gasteiger charge is -2.32. The number of hydrogen-bond acceptors (Lipinski definition) is 3. The van der Waals surface area contributed by atoms with Gasteiger partial charge in [0.05, 0.1) is 16.9 Å². The van der Waals surface area contributed by atoms with E-state index in [1.165, 1.54) is 31.2 Å². The molecule has 2 fully saturated rings. The Kier molecular flexibility index (Phi) is 5.10. The summed E-state index contributed by atoms with van der Waals surface area (Å²) in [6.07, 6.45) is 7.36. The van der Waals surface area contributed by atoms with E-state index in [4.69, 9.17) is 14.3 Å². The van der Waals surface area contributed by atoms with Crippen molar-refractivity contribution in [3.05, 3.63) is 47.7 Å². The molecule has 0 spiro atoms. The van der Waals surface area contributed by atoms with E-state index >= 15 is 0 Å². The number of benzene rings is 1. The molecule has 31 heavy (non-hydrogen) atoms. The minimum absolute atomic E-state index is 0.334. The van der Waals surface area contributed by atoms with Crippen molar-refractivity contribution in [3.8, 4) is 11.3 Å². The van der Waals surface area contributed by atoms with Crippen LogP contribution in [0.5, 0.6) is 0 Å². The summed E-state index contributed by atoms with van der Waals surface area (Å²) in [6.45, 7) is 13.2. The standard InChI is InChI=1S/C27H36BNO2/c1-17-11-19-13-18(2)23-9-7-20(15-24(23)21(12-17)14-19)25-10-8-22(16-29-25)28-30-26(3,4)27(5,6)31-28/h7-10,15-19,21H,11-14H2,1-6H3. The van der Waals surface area contributed by atoms with Crippen LogP contribution in [0.25, 0.3) is 11.3 Å². The van der Waals surface area contributed by atoms with Crippen LogP contribution in [-0.2, 0) is 9.31 Å². The van der Waals surface area contributed by atoms with Gasteiger partial charge in [-0.05, 0) is 100 Å². The van der Waals surface area contributed by atoms with Crippen LogP contribution >= 0.6 is 0 Å². The molecule has 1 aliphatic heterocycles. The Hall–Kier alpha value is -1.65. The Morgan fingerprint density at radius 1 is 0.871 bits per heavy atom. The van der Waals surface area contributed by atoms with E-state index < -0.39 is 0 Å². The Bertz CT molecular complexity index is 952. The van der Waals surface area contributed by atoms with Gasteiger partial charge in [-0.1, -0.05) is 32.0 Å². The lowest BCUT2D eigenvalue weighted by atomic mass is 9.73. The summed E-state index contributed by atoms with van der Waals surface area (Å²) in [7, 11) is -0.361. The van der Waals surface area contributed by atoms with Crippen LogP contribution in [0.15, 0.2) is 36.5 Å². The number of aromatic nitrogens is 1. The lowest BCUT2D eigenvalue weighted by Crippen LogP contribution is -2.41. The highest BCUT2D eigenvalue weighted by Crippen LogP contribution is 2.49. The molecule has 2 bridgehead atoms. The van der Waals surface area contributed by atoms with Crippen LogP contribution in [0.1, 0.15) is 90.2 Å². The predicted molar refractivity (Wildman–Crippen MR) is 128 cm³/mol. The van der Waals surface area contributed by atoms with Crippen LogP contribution in [-0.4, -0.2) is 23.3 Å². The molecule has 3 nitrogen and oxygen atoms in total. The first kappa shape index (κ1) is 21.2. The molecule has 4 unspecified atom stereocenters. The van der Waals surface area contributed by atoms with Crippen molar-refractivity contribution in [1.82, 2.24) is 4.98 Å². The predicted octanol–water partition coefficient (Wildman–Crippen LogP) is 6.07. The molecule has 164 valence electrons. The van der Waals surface area contributed by atoms with Gasteiger partial charge < -0.3 is 9.31 Å².